The van der Waals surface area contributed by atoms with Gasteiger partial charge >= 0.3 is 0 Å². The molecule has 1 aromatic heterocycles. The van der Waals surface area contributed by atoms with E-state index in [2.05, 4.69) is 5.32 Å². The Morgan fingerprint density at radius 3 is 2.64 bits per heavy atom. The van der Waals surface area contributed by atoms with Crippen molar-refractivity contribution >= 4 is 29.3 Å². The van der Waals surface area contributed by atoms with E-state index in [1.807, 2.05) is 32.0 Å². The Morgan fingerprint density at radius 1 is 1.32 bits per heavy atom. The molecule has 0 spiro atoms. The molecule has 6 heteroatoms. The largest absolute Gasteiger partial charge is 0.497 e. The van der Waals surface area contributed by atoms with Crippen molar-refractivity contribution in [2.24, 2.45) is 5.73 Å². The van der Waals surface area contributed by atoms with Crippen LogP contribution in [0.4, 0.5) is 0 Å². The molecule has 0 bridgehead atoms. The lowest BCUT2D eigenvalue weighted by molar-refractivity contribution is -0.128. The van der Waals surface area contributed by atoms with Gasteiger partial charge < -0.3 is 20.2 Å². The highest BCUT2D eigenvalue weighted by atomic mass is 35.5. The van der Waals surface area contributed by atoms with Crippen LogP contribution in [0.2, 0.25) is 0 Å². The third-order valence-electron chi connectivity index (χ3n) is 5.12. The van der Waals surface area contributed by atoms with Crippen molar-refractivity contribution in [1.29, 1.82) is 0 Å². The average molecular weight is 367 g/mol. The van der Waals surface area contributed by atoms with E-state index in [1.165, 1.54) is 0 Å². The fourth-order valence-corrected chi connectivity index (χ4v) is 3.57. The molecule has 1 amide bonds. The highest BCUT2D eigenvalue weighted by molar-refractivity contribution is 5.87. The Morgan fingerprint density at radius 2 is 2.00 bits per heavy atom. The first kappa shape index (κ1) is 19.6. The van der Waals surface area contributed by atoms with E-state index >= 15 is 0 Å². The van der Waals surface area contributed by atoms with Gasteiger partial charge in [0.05, 0.1) is 18.7 Å². The lowest BCUT2D eigenvalue weighted by Gasteiger charge is -2.32. The van der Waals surface area contributed by atoms with Crippen molar-refractivity contribution in [1.82, 2.24) is 5.32 Å². The van der Waals surface area contributed by atoms with Crippen LogP contribution in [0.3, 0.4) is 0 Å². The number of fused-ring (bicyclic) bond motifs is 1. The number of rotatable bonds is 4. The van der Waals surface area contributed by atoms with Crippen molar-refractivity contribution in [2.45, 2.75) is 57.5 Å². The fourth-order valence-electron chi connectivity index (χ4n) is 3.57. The number of carbonyl (C=O) groups is 1. The first-order chi connectivity index (χ1) is 11.4. The third-order valence-corrected chi connectivity index (χ3v) is 5.12. The number of hydrogen-bond donors (Lipinski definition) is 2. The summed E-state index contributed by atoms with van der Waals surface area (Å²) in [6, 6.07) is 5.50. The van der Waals surface area contributed by atoms with Gasteiger partial charge in [-0.2, -0.15) is 0 Å². The van der Waals surface area contributed by atoms with Crippen molar-refractivity contribution in [3.63, 3.8) is 0 Å². The zero-order valence-corrected chi connectivity index (χ0v) is 15.9. The van der Waals surface area contributed by atoms with Gasteiger partial charge in [0, 0.05) is 10.9 Å². The first-order valence-electron chi connectivity index (χ1n) is 8.61. The molecule has 1 aliphatic carbocycles. The minimum Gasteiger partial charge on any atom is -0.497 e. The third kappa shape index (κ3) is 3.77. The topological polar surface area (TPSA) is 77.5 Å². The summed E-state index contributed by atoms with van der Waals surface area (Å²) in [6.07, 6.45) is 4.69. The number of methoxy groups -OCH3 is 1. The van der Waals surface area contributed by atoms with E-state index in [0.29, 0.717) is 0 Å². The number of amides is 1. The molecular formula is C19H27ClN2O3. The maximum absolute atomic E-state index is 12.6. The van der Waals surface area contributed by atoms with Crippen molar-refractivity contribution < 1.29 is 13.9 Å². The molecule has 138 valence electrons. The molecular weight excluding hydrogens is 340 g/mol. The van der Waals surface area contributed by atoms with Crippen molar-refractivity contribution in [2.75, 3.05) is 7.11 Å². The van der Waals surface area contributed by atoms with E-state index < -0.39 is 5.54 Å². The molecule has 2 aromatic rings. The van der Waals surface area contributed by atoms with Crippen LogP contribution in [-0.2, 0) is 4.79 Å². The Kier molecular flexibility index (Phi) is 6.01. The van der Waals surface area contributed by atoms with E-state index in [0.717, 1.165) is 60.1 Å². The quantitative estimate of drug-likeness (QED) is 0.856. The van der Waals surface area contributed by atoms with Gasteiger partial charge in [-0.15, -0.1) is 12.4 Å². The Hall–Kier alpha value is -1.72. The Bertz CT molecular complexity index is 750. The molecule has 3 N–H and O–H groups in total. The average Bonchev–Trinajstić information content (AvgIpc) is 2.92. The summed E-state index contributed by atoms with van der Waals surface area (Å²) in [5, 5.41) is 4.05. The van der Waals surface area contributed by atoms with Gasteiger partial charge in [0.15, 0.2) is 0 Å². The normalized spacial score (nSPS) is 17.6. The SMILES string of the molecule is COc1ccc2oc(C(C)NC(=O)C3(N)CCCCC3)c(C)c2c1.Cl. The summed E-state index contributed by atoms with van der Waals surface area (Å²) in [5.74, 6) is 1.48. The predicted octanol–water partition coefficient (Wildman–Crippen LogP) is 4.01. The number of nitrogens with two attached hydrogens (primary N) is 1. The monoisotopic (exact) mass is 366 g/mol. The summed E-state index contributed by atoms with van der Waals surface area (Å²) in [4.78, 5) is 12.6. The number of furan rings is 1. The van der Waals surface area contributed by atoms with Crippen LogP contribution >= 0.6 is 12.4 Å². The van der Waals surface area contributed by atoms with E-state index in [-0.39, 0.29) is 24.4 Å². The molecule has 5 nitrogen and oxygen atoms in total. The molecule has 25 heavy (non-hydrogen) atoms. The molecule has 0 saturated heterocycles. The smallest absolute Gasteiger partial charge is 0.240 e. The molecule has 1 heterocycles. The minimum absolute atomic E-state index is 0. The highest BCUT2D eigenvalue weighted by Gasteiger charge is 2.36. The van der Waals surface area contributed by atoms with Gasteiger partial charge in [-0.1, -0.05) is 19.3 Å². The lowest BCUT2D eigenvalue weighted by atomic mass is 9.81. The van der Waals surface area contributed by atoms with E-state index in [9.17, 15) is 4.79 Å². The molecule has 1 unspecified atom stereocenters. The van der Waals surface area contributed by atoms with Crippen LogP contribution in [0, 0.1) is 6.92 Å². The van der Waals surface area contributed by atoms with Gasteiger partial charge in [-0.25, -0.2) is 0 Å². The second-order valence-electron chi connectivity index (χ2n) is 6.87. The van der Waals surface area contributed by atoms with Gasteiger partial charge in [0.25, 0.3) is 0 Å². The second-order valence-corrected chi connectivity index (χ2v) is 6.87. The summed E-state index contributed by atoms with van der Waals surface area (Å²) in [5.41, 5.74) is 7.40. The zero-order valence-electron chi connectivity index (χ0n) is 15.1. The van der Waals surface area contributed by atoms with Crippen LogP contribution in [0.1, 0.15) is 56.4 Å². The van der Waals surface area contributed by atoms with Gasteiger partial charge in [-0.05, 0) is 44.9 Å². The number of ether oxygens (including phenoxy) is 1. The molecule has 0 aliphatic heterocycles. The molecule has 1 fully saturated rings. The lowest BCUT2D eigenvalue weighted by Crippen LogP contribution is -2.55. The van der Waals surface area contributed by atoms with Crippen LogP contribution in [0.5, 0.6) is 5.75 Å². The number of hydrogen-bond acceptors (Lipinski definition) is 4. The van der Waals surface area contributed by atoms with E-state index in [1.54, 1.807) is 7.11 Å². The number of benzene rings is 1. The van der Waals surface area contributed by atoms with Crippen molar-refractivity contribution in [3.8, 4) is 5.75 Å². The number of nitrogens with one attached hydrogen (secondary N) is 1. The first-order valence-corrected chi connectivity index (χ1v) is 8.61. The Balaban J connectivity index is 0.00000225. The highest BCUT2D eigenvalue weighted by Crippen LogP contribution is 2.33. The molecule has 1 saturated carbocycles. The predicted molar refractivity (Wildman–Crippen MR) is 101 cm³/mol. The maximum atomic E-state index is 12.6. The summed E-state index contributed by atoms with van der Waals surface area (Å²) < 4.78 is 11.2. The molecule has 1 atom stereocenters. The Labute approximate surface area is 154 Å². The fraction of sp³-hybridized carbons (Fsp3) is 0.526. The number of aryl methyl sites for hydroxylation is 1. The zero-order chi connectivity index (χ0) is 17.3. The van der Waals surface area contributed by atoms with Crippen LogP contribution in [0.15, 0.2) is 22.6 Å². The number of halogens is 1. The maximum Gasteiger partial charge on any atom is 0.240 e. The van der Waals surface area contributed by atoms with Gasteiger partial charge in [0.1, 0.15) is 17.1 Å². The summed E-state index contributed by atoms with van der Waals surface area (Å²) in [6.45, 7) is 3.94. The molecule has 1 aliphatic rings. The molecule has 3 rings (SSSR count). The second kappa shape index (κ2) is 7.67. The van der Waals surface area contributed by atoms with Crippen LogP contribution in [-0.4, -0.2) is 18.6 Å². The summed E-state index contributed by atoms with van der Waals surface area (Å²) in [7, 11) is 1.64. The van der Waals surface area contributed by atoms with Gasteiger partial charge in [0.2, 0.25) is 5.91 Å². The van der Waals surface area contributed by atoms with Gasteiger partial charge in [-0.3, -0.25) is 4.79 Å². The molecule has 1 aromatic carbocycles. The van der Waals surface area contributed by atoms with Crippen LogP contribution in [0.25, 0.3) is 11.0 Å². The number of carbonyl (C=O) groups excluding carboxylic acids is 1. The minimum atomic E-state index is -0.740. The standard InChI is InChI=1S/C19H26N2O3.ClH/c1-12-15-11-14(23-3)7-8-16(15)24-17(12)13(2)21-18(22)19(20)9-5-4-6-10-19;/h7-8,11,13H,4-6,9-10,20H2,1-3H3,(H,21,22);1H. The summed E-state index contributed by atoms with van der Waals surface area (Å²) >= 11 is 0. The van der Waals surface area contributed by atoms with Crippen LogP contribution < -0.4 is 15.8 Å². The molecule has 0 radical (unpaired) electrons. The van der Waals surface area contributed by atoms with Crippen molar-refractivity contribution in [3.05, 3.63) is 29.5 Å². The van der Waals surface area contributed by atoms with E-state index in [4.69, 9.17) is 14.9 Å².